The lowest BCUT2D eigenvalue weighted by atomic mass is 9.85. The van der Waals surface area contributed by atoms with Gasteiger partial charge in [-0.1, -0.05) is 42.5 Å². The normalized spacial score (nSPS) is 14.5. The Hall–Kier alpha value is -4.69. The molecule has 0 spiro atoms. The second-order valence-corrected chi connectivity index (χ2v) is 9.58. The van der Waals surface area contributed by atoms with Gasteiger partial charge in [-0.15, -0.1) is 0 Å². The van der Waals surface area contributed by atoms with Crippen molar-refractivity contribution in [1.82, 2.24) is 9.88 Å². The zero-order valence-electron chi connectivity index (χ0n) is 21.0. The fraction of sp³-hybridized carbons (Fsp3) is 0.194. The molecule has 1 atom stereocenters. The third-order valence-electron chi connectivity index (χ3n) is 7.18. The van der Waals surface area contributed by atoms with Gasteiger partial charge in [0.1, 0.15) is 28.2 Å². The van der Waals surface area contributed by atoms with E-state index in [1.165, 1.54) is 6.07 Å². The molecule has 0 unspecified atom stereocenters. The van der Waals surface area contributed by atoms with Crippen molar-refractivity contribution in [3.8, 4) is 22.8 Å². The summed E-state index contributed by atoms with van der Waals surface area (Å²) in [6.07, 6.45) is 1.72. The first-order valence-corrected chi connectivity index (χ1v) is 12.8. The summed E-state index contributed by atoms with van der Waals surface area (Å²) in [6.45, 7) is 1.87. The maximum absolute atomic E-state index is 13.5. The molecule has 1 fully saturated rings. The minimum absolute atomic E-state index is 0.0124. The molecule has 1 aliphatic heterocycles. The van der Waals surface area contributed by atoms with Gasteiger partial charge in [-0.2, -0.15) is 0 Å². The van der Waals surface area contributed by atoms with E-state index in [-0.39, 0.29) is 40.4 Å². The number of rotatable bonds is 5. The molecule has 2 N–H and O–H groups in total. The number of fused-ring (bicyclic) bond motifs is 2. The number of amides is 1. The Bertz CT molecular complexity index is 1740. The van der Waals surface area contributed by atoms with Crippen molar-refractivity contribution < 1.29 is 24.2 Å². The van der Waals surface area contributed by atoms with Crippen LogP contribution in [0.2, 0.25) is 0 Å². The number of carbonyl (C=O) groups excluding carboxylic acids is 1. The Kier molecular flexibility index (Phi) is 6.46. The smallest absolute Gasteiger partial charge is 0.223 e. The van der Waals surface area contributed by atoms with E-state index in [9.17, 15) is 19.8 Å². The number of morpholine rings is 1. The number of phenolic OH excluding ortho intramolecular Hbond substituents is 2. The average Bonchev–Trinajstić information content (AvgIpc) is 2.96. The Morgan fingerprint density at radius 3 is 2.54 bits per heavy atom. The topological polar surface area (TPSA) is 113 Å². The van der Waals surface area contributed by atoms with Gasteiger partial charge in [0.05, 0.1) is 18.7 Å². The molecule has 6 rings (SSSR count). The molecule has 3 aromatic carbocycles. The zero-order valence-corrected chi connectivity index (χ0v) is 21.0. The van der Waals surface area contributed by atoms with Crippen LogP contribution in [0.1, 0.15) is 23.5 Å². The van der Waals surface area contributed by atoms with Crippen LogP contribution in [-0.2, 0) is 9.53 Å². The average molecular weight is 523 g/mol. The van der Waals surface area contributed by atoms with Crippen molar-refractivity contribution in [1.29, 1.82) is 0 Å². The summed E-state index contributed by atoms with van der Waals surface area (Å²) in [6, 6.07) is 21.0. The summed E-state index contributed by atoms with van der Waals surface area (Å²) in [5.74, 6) is -1.15. The van der Waals surface area contributed by atoms with E-state index < -0.39 is 11.3 Å². The summed E-state index contributed by atoms with van der Waals surface area (Å²) >= 11 is 0. The van der Waals surface area contributed by atoms with Crippen molar-refractivity contribution in [2.75, 3.05) is 26.3 Å². The summed E-state index contributed by atoms with van der Waals surface area (Å²) < 4.78 is 11.7. The van der Waals surface area contributed by atoms with Gasteiger partial charge in [-0.05, 0) is 23.8 Å². The second-order valence-electron chi connectivity index (χ2n) is 9.58. The van der Waals surface area contributed by atoms with Gasteiger partial charge < -0.3 is 24.3 Å². The molecule has 1 aliphatic rings. The van der Waals surface area contributed by atoms with Crippen LogP contribution >= 0.6 is 0 Å². The third-order valence-corrected chi connectivity index (χ3v) is 7.18. The molecule has 0 bridgehead atoms. The zero-order chi connectivity index (χ0) is 26.9. The van der Waals surface area contributed by atoms with Gasteiger partial charge in [0.25, 0.3) is 0 Å². The SMILES string of the molecule is O=C(C[C@H](c1ccc2ncccc2c1)c1c(O)cc(O)c2c(=O)cc(-c3ccccc3)oc12)N1CCOCC1. The standard InChI is InChI=1S/C31H26N2O6/c34-24-17-25(35)30-26(36)18-27(19-5-2-1-3-6-19)39-31(30)29(24)22(16-28(37)33-11-13-38-14-12-33)20-8-9-23-21(15-20)7-4-10-32-23/h1-10,15,17-18,22,34-35H,11-14,16H2/t22-/m1/s1. The number of phenols is 2. The minimum atomic E-state index is -0.678. The number of pyridine rings is 1. The number of nitrogens with zero attached hydrogens (tertiary/aromatic N) is 2. The van der Waals surface area contributed by atoms with Crippen molar-refractivity contribution in [2.45, 2.75) is 12.3 Å². The van der Waals surface area contributed by atoms with Crippen LogP contribution in [0, 0.1) is 0 Å². The van der Waals surface area contributed by atoms with Crippen LogP contribution in [0.3, 0.4) is 0 Å². The van der Waals surface area contributed by atoms with E-state index in [1.54, 1.807) is 11.1 Å². The van der Waals surface area contributed by atoms with E-state index in [4.69, 9.17) is 9.15 Å². The quantitative estimate of drug-likeness (QED) is 0.341. The molecule has 1 saturated heterocycles. The molecule has 8 nitrogen and oxygen atoms in total. The van der Waals surface area contributed by atoms with Crippen molar-refractivity contribution in [2.24, 2.45) is 0 Å². The number of hydrogen-bond acceptors (Lipinski definition) is 7. The van der Waals surface area contributed by atoms with Gasteiger partial charge in [0, 0.05) is 60.3 Å². The van der Waals surface area contributed by atoms with Gasteiger partial charge in [0.15, 0.2) is 5.43 Å². The molecule has 196 valence electrons. The molecule has 3 heterocycles. The maximum Gasteiger partial charge on any atom is 0.223 e. The number of hydrogen-bond donors (Lipinski definition) is 2. The fourth-order valence-electron chi connectivity index (χ4n) is 5.22. The summed E-state index contributed by atoms with van der Waals surface area (Å²) in [5, 5.41) is 22.7. The highest BCUT2D eigenvalue weighted by molar-refractivity contribution is 5.91. The number of benzene rings is 3. The maximum atomic E-state index is 13.5. The van der Waals surface area contributed by atoms with Gasteiger partial charge >= 0.3 is 0 Å². The van der Waals surface area contributed by atoms with Crippen LogP contribution in [-0.4, -0.2) is 52.3 Å². The van der Waals surface area contributed by atoms with Crippen LogP contribution in [0.5, 0.6) is 11.5 Å². The molecule has 1 amide bonds. The minimum Gasteiger partial charge on any atom is -0.507 e. The second kappa shape index (κ2) is 10.2. The number of aromatic nitrogens is 1. The van der Waals surface area contributed by atoms with E-state index in [2.05, 4.69) is 4.98 Å². The number of carbonyl (C=O) groups is 1. The van der Waals surface area contributed by atoms with E-state index in [0.717, 1.165) is 22.5 Å². The van der Waals surface area contributed by atoms with Crippen molar-refractivity contribution in [3.63, 3.8) is 0 Å². The summed E-state index contributed by atoms with van der Waals surface area (Å²) in [7, 11) is 0. The Morgan fingerprint density at radius 1 is 0.949 bits per heavy atom. The predicted octanol–water partition coefficient (Wildman–Crippen LogP) is 4.80. The number of ether oxygens (including phenoxy) is 1. The molecule has 5 aromatic rings. The van der Waals surface area contributed by atoms with Gasteiger partial charge in [-0.3, -0.25) is 14.6 Å². The molecule has 2 aromatic heterocycles. The summed E-state index contributed by atoms with van der Waals surface area (Å²) in [5.41, 5.74) is 2.06. The molecular weight excluding hydrogens is 496 g/mol. The highest BCUT2D eigenvalue weighted by Crippen LogP contribution is 2.43. The van der Waals surface area contributed by atoms with E-state index in [1.807, 2.05) is 60.7 Å². The molecule has 8 heteroatoms. The lowest BCUT2D eigenvalue weighted by Crippen LogP contribution is -2.41. The molecule has 0 saturated carbocycles. The van der Waals surface area contributed by atoms with Crippen molar-refractivity contribution in [3.05, 3.63) is 100 Å². The Labute approximate surface area is 223 Å². The lowest BCUT2D eigenvalue weighted by molar-refractivity contribution is -0.135. The first-order chi connectivity index (χ1) is 19.0. The van der Waals surface area contributed by atoms with Crippen LogP contribution in [0.25, 0.3) is 33.2 Å². The van der Waals surface area contributed by atoms with E-state index >= 15 is 0 Å². The van der Waals surface area contributed by atoms with Gasteiger partial charge in [0.2, 0.25) is 5.91 Å². The Balaban J connectivity index is 1.58. The van der Waals surface area contributed by atoms with Crippen LogP contribution < -0.4 is 5.43 Å². The van der Waals surface area contributed by atoms with Crippen LogP contribution in [0.15, 0.2) is 88.2 Å². The molecule has 0 radical (unpaired) electrons. The first-order valence-electron chi connectivity index (χ1n) is 12.8. The Morgan fingerprint density at radius 2 is 1.74 bits per heavy atom. The highest BCUT2D eigenvalue weighted by atomic mass is 16.5. The highest BCUT2D eigenvalue weighted by Gasteiger charge is 2.30. The molecule has 0 aliphatic carbocycles. The first kappa shape index (κ1) is 24.6. The summed E-state index contributed by atoms with van der Waals surface area (Å²) in [4.78, 5) is 32.9. The van der Waals surface area contributed by atoms with Gasteiger partial charge in [-0.25, -0.2) is 0 Å². The van der Waals surface area contributed by atoms with Crippen molar-refractivity contribution >= 4 is 27.8 Å². The lowest BCUT2D eigenvalue weighted by Gasteiger charge is -2.29. The fourth-order valence-corrected chi connectivity index (χ4v) is 5.22. The number of aromatic hydroxyl groups is 2. The predicted molar refractivity (Wildman–Crippen MR) is 147 cm³/mol. The molecule has 39 heavy (non-hydrogen) atoms. The van der Waals surface area contributed by atoms with Crippen LogP contribution in [0.4, 0.5) is 0 Å². The monoisotopic (exact) mass is 522 g/mol. The van der Waals surface area contributed by atoms with E-state index in [0.29, 0.717) is 37.6 Å². The largest absolute Gasteiger partial charge is 0.507 e. The third kappa shape index (κ3) is 4.70. The molecular formula is C31H26N2O6.